The van der Waals surface area contributed by atoms with Crippen molar-refractivity contribution in [2.24, 2.45) is 0 Å². The summed E-state index contributed by atoms with van der Waals surface area (Å²) in [5, 5.41) is 5.56. The quantitative estimate of drug-likeness (QED) is 0.456. The van der Waals surface area contributed by atoms with Crippen LogP contribution in [0.25, 0.3) is 21.9 Å². The van der Waals surface area contributed by atoms with Gasteiger partial charge in [-0.15, -0.1) is 0 Å². The number of aromatic nitrogens is 1. The summed E-state index contributed by atoms with van der Waals surface area (Å²) in [5.74, 6) is 1.57. The first-order valence-electron chi connectivity index (χ1n) is 10.0. The lowest BCUT2D eigenvalue weighted by Crippen LogP contribution is -2.34. The monoisotopic (exact) mass is 447 g/mol. The van der Waals surface area contributed by atoms with Gasteiger partial charge in [-0.2, -0.15) is 13.2 Å². The summed E-state index contributed by atoms with van der Waals surface area (Å²) in [6.07, 6.45) is 0.238. The van der Waals surface area contributed by atoms with Gasteiger partial charge in [0, 0.05) is 23.3 Å². The van der Waals surface area contributed by atoms with Gasteiger partial charge in [-0.05, 0) is 67.2 Å². The molecule has 6 nitrogen and oxygen atoms in total. The van der Waals surface area contributed by atoms with Crippen LogP contribution < -0.4 is 20.5 Å². The van der Waals surface area contributed by atoms with Gasteiger partial charge in [-0.1, -0.05) is 6.07 Å². The third-order valence-electron chi connectivity index (χ3n) is 5.01. The number of anilines is 1. The average Bonchev–Trinajstić information content (AvgIpc) is 2.79. The Morgan fingerprint density at radius 3 is 2.44 bits per heavy atom. The lowest BCUT2D eigenvalue weighted by Gasteiger charge is -2.25. The molecule has 0 amide bonds. The van der Waals surface area contributed by atoms with Crippen LogP contribution in [0.4, 0.5) is 18.9 Å². The van der Waals surface area contributed by atoms with E-state index in [1.807, 2.05) is 42.7 Å². The van der Waals surface area contributed by atoms with Gasteiger partial charge in [0.25, 0.3) is 0 Å². The summed E-state index contributed by atoms with van der Waals surface area (Å²) in [6, 6.07) is 12.0. The second-order valence-corrected chi connectivity index (χ2v) is 7.22. The number of aldehydes is 1. The number of carbonyl (C=O) groups excluding carboxylic acids is 1. The van der Waals surface area contributed by atoms with Crippen LogP contribution in [-0.2, 0) is 4.79 Å². The average molecular weight is 447 g/mol. The molecule has 0 radical (unpaired) electrons. The zero-order valence-corrected chi connectivity index (χ0v) is 17.5. The number of ether oxygens (including phenoxy) is 2. The number of benzene rings is 2. The smallest absolute Gasteiger partial charge is 0.446 e. The molecule has 9 heteroatoms. The highest BCUT2D eigenvalue weighted by molar-refractivity contribution is 6.00. The Labute approximate surface area is 183 Å². The molecule has 2 heterocycles. The van der Waals surface area contributed by atoms with Crippen LogP contribution in [-0.4, -0.2) is 43.7 Å². The summed E-state index contributed by atoms with van der Waals surface area (Å²) >= 11 is 0. The standard InChI is InChI=1S/C21H23N3O2.C2HF3O/c1-25-19-4-2-14(12-18(19)22)21-17-8-11-24-13-15(17)3-5-20(21)26-16-6-9-23-10-7-16;3-2(4,5)1-6/h2-5,8,11-13,16,23H,6-7,9-10,22H2,1H3;1H. The molecule has 1 aliphatic rings. The highest BCUT2D eigenvalue weighted by atomic mass is 19.4. The van der Waals surface area contributed by atoms with Gasteiger partial charge >= 0.3 is 6.18 Å². The summed E-state index contributed by atoms with van der Waals surface area (Å²) in [5.41, 5.74) is 8.85. The molecule has 0 bridgehead atoms. The third-order valence-corrected chi connectivity index (χ3v) is 5.01. The predicted molar refractivity (Wildman–Crippen MR) is 117 cm³/mol. The molecule has 32 heavy (non-hydrogen) atoms. The van der Waals surface area contributed by atoms with Gasteiger partial charge in [-0.3, -0.25) is 9.78 Å². The third kappa shape index (κ3) is 5.88. The number of piperidine rings is 1. The van der Waals surface area contributed by atoms with Crippen molar-refractivity contribution in [3.8, 4) is 22.6 Å². The minimum absolute atomic E-state index is 0.227. The fraction of sp³-hybridized carbons (Fsp3) is 0.304. The Morgan fingerprint density at radius 2 is 1.81 bits per heavy atom. The first kappa shape index (κ1) is 23.3. The molecule has 2 aromatic carbocycles. The first-order valence-corrected chi connectivity index (χ1v) is 10.0. The Bertz CT molecular complexity index is 1070. The van der Waals surface area contributed by atoms with Crippen LogP contribution in [0.5, 0.6) is 11.5 Å². The molecule has 1 aromatic heterocycles. The number of hydrogen-bond donors (Lipinski definition) is 2. The van der Waals surface area contributed by atoms with E-state index in [1.165, 1.54) is 0 Å². The maximum atomic E-state index is 10.4. The van der Waals surface area contributed by atoms with Gasteiger partial charge in [0.15, 0.2) is 0 Å². The largest absolute Gasteiger partial charge is 0.495 e. The zero-order valence-electron chi connectivity index (χ0n) is 17.5. The molecule has 3 N–H and O–H groups in total. The Kier molecular flexibility index (Phi) is 7.53. The highest BCUT2D eigenvalue weighted by Crippen LogP contribution is 2.40. The van der Waals surface area contributed by atoms with Crippen molar-refractivity contribution in [3.05, 3.63) is 48.8 Å². The molecule has 0 aliphatic carbocycles. The van der Waals surface area contributed by atoms with Gasteiger partial charge in [-0.25, -0.2) is 0 Å². The number of nitrogens with two attached hydrogens (primary N) is 1. The van der Waals surface area contributed by atoms with Gasteiger partial charge in [0.2, 0.25) is 6.29 Å². The Balaban J connectivity index is 0.000000427. The van der Waals surface area contributed by atoms with Gasteiger partial charge in [0.05, 0.1) is 12.8 Å². The van der Waals surface area contributed by atoms with Crippen LogP contribution in [0.1, 0.15) is 12.8 Å². The summed E-state index contributed by atoms with van der Waals surface area (Å²) in [7, 11) is 1.63. The highest BCUT2D eigenvalue weighted by Gasteiger charge is 2.25. The van der Waals surface area contributed by atoms with Gasteiger partial charge < -0.3 is 20.5 Å². The van der Waals surface area contributed by atoms with Crippen molar-refractivity contribution in [2.75, 3.05) is 25.9 Å². The van der Waals surface area contributed by atoms with Crippen LogP contribution in [0.3, 0.4) is 0 Å². The van der Waals surface area contributed by atoms with Crippen molar-refractivity contribution in [3.63, 3.8) is 0 Å². The van der Waals surface area contributed by atoms with Gasteiger partial charge in [0.1, 0.15) is 17.6 Å². The first-order chi connectivity index (χ1) is 15.3. The van der Waals surface area contributed by atoms with Crippen molar-refractivity contribution in [1.29, 1.82) is 0 Å². The number of alkyl halides is 3. The molecule has 4 rings (SSSR count). The molecule has 170 valence electrons. The van der Waals surface area contributed by atoms with Crippen molar-refractivity contribution in [2.45, 2.75) is 25.1 Å². The molecule has 0 atom stereocenters. The van der Waals surface area contributed by atoms with E-state index in [2.05, 4.69) is 16.4 Å². The van der Waals surface area contributed by atoms with E-state index in [0.29, 0.717) is 11.4 Å². The van der Waals surface area contributed by atoms with Crippen LogP contribution in [0.2, 0.25) is 0 Å². The molecule has 3 aromatic rings. The molecular formula is C23H24F3N3O3. The normalized spacial score (nSPS) is 14.4. The van der Waals surface area contributed by atoms with E-state index >= 15 is 0 Å². The second-order valence-electron chi connectivity index (χ2n) is 7.22. The number of methoxy groups -OCH3 is 1. The topological polar surface area (TPSA) is 86.5 Å². The minimum atomic E-state index is -4.64. The number of hydrogen-bond acceptors (Lipinski definition) is 6. The minimum Gasteiger partial charge on any atom is -0.495 e. The maximum Gasteiger partial charge on any atom is 0.446 e. The number of carbonyl (C=O) groups is 1. The zero-order chi connectivity index (χ0) is 23.1. The number of rotatable bonds is 4. The molecule has 1 fully saturated rings. The van der Waals surface area contributed by atoms with E-state index in [1.54, 1.807) is 7.11 Å². The SMILES string of the molecule is COc1ccc(-c2c(OC3CCNCC3)ccc3cnccc23)cc1N.O=CC(F)(F)F. The fourth-order valence-corrected chi connectivity index (χ4v) is 3.53. The van der Waals surface area contributed by atoms with E-state index in [-0.39, 0.29) is 6.10 Å². The molecule has 0 spiro atoms. The van der Waals surface area contributed by atoms with Crippen LogP contribution in [0, 0.1) is 0 Å². The maximum absolute atomic E-state index is 10.4. The number of nitrogens with zero attached hydrogens (tertiary/aromatic N) is 1. The summed E-state index contributed by atoms with van der Waals surface area (Å²) in [4.78, 5) is 12.9. The molecule has 1 saturated heterocycles. The van der Waals surface area contributed by atoms with Crippen LogP contribution >= 0.6 is 0 Å². The van der Waals surface area contributed by atoms with Crippen molar-refractivity contribution >= 4 is 22.7 Å². The molecule has 1 aliphatic heterocycles. The van der Waals surface area contributed by atoms with Crippen molar-refractivity contribution < 1.29 is 27.4 Å². The predicted octanol–water partition coefficient (Wildman–Crippen LogP) is 4.37. The van der Waals surface area contributed by atoms with E-state index in [0.717, 1.165) is 53.6 Å². The fourth-order valence-electron chi connectivity index (χ4n) is 3.53. The van der Waals surface area contributed by atoms with Crippen LogP contribution in [0.15, 0.2) is 48.8 Å². The second kappa shape index (κ2) is 10.3. The number of nitrogens with one attached hydrogen (secondary N) is 1. The Morgan fingerprint density at radius 1 is 1.12 bits per heavy atom. The van der Waals surface area contributed by atoms with E-state index < -0.39 is 12.5 Å². The number of fused-ring (bicyclic) bond motifs is 1. The summed E-state index contributed by atoms with van der Waals surface area (Å²) in [6.45, 7) is 1.99. The number of nitrogen functional groups attached to an aromatic ring is 1. The number of halogens is 3. The molecule has 0 saturated carbocycles. The van der Waals surface area contributed by atoms with E-state index in [4.69, 9.17) is 20.0 Å². The lowest BCUT2D eigenvalue weighted by molar-refractivity contribution is -0.156. The summed E-state index contributed by atoms with van der Waals surface area (Å²) < 4.78 is 43.0. The molecule has 0 unspecified atom stereocenters. The Hall–Kier alpha value is -3.33. The van der Waals surface area contributed by atoms with Crippen molar-refractivity contribution in [1.82, 2.24) is 10.3 Å². The van der Waals surface area contributed by atoms with E-state index in [9.17, 15) is 13.2 Å². The lowest BCUT2D eigenvalue weighted by atomic mass is 9.97. The number of pyridine rings is 1. The molecular weight excluding hydrogens is 423 g/mol.